The van der Waals surface area contributed by atoms with Gasteiger partial charge in [-0.05, 0) is 42.8 Å². The number of hydrogen-bond donors (Lipinski definition) is 2. The Bertz CT molecular complexity index is 1210. The molecule has 2 aromatic carbocycles. The highest BCUT2D eigenvalue weighted by atomic mass is 16.5. The van der Waals surface area contributed by atoms with Crippen molar-refractivity contribution in [3.8, 4) is 0 Å². The molecule has 0 saturated heterocycles. The van der Waals surface area contributed by atoms with Gasteiger partial charge < -0.3 is 10.1 Å². The number of aryl methyl sites for hydroxylation is 1. The van der Waals surface area contributed by atoms with Gasteiger partial charge in [0.05, 0.1) is 23.9 Å². The monoisotopic (exact) mass is 407 g/mol. The molecule has 1 heterocycles. The average Bonchev–Trinajstić information content (AvgIpc) is 2.75. The molecule has 8 nitrogen and oxygen atoms in total. The normalized spacial score (nSPS) is 11.0. The number of anilines is 1. The molecule has 8 heteroatoms. The third-order valence-corrected chi connectivity index (χ3v) is 4.34. The highest BCUT2D eigenvalue weighted by molar-refractivity contribution is 5.91. The van der Waals surface area contributed by atoms with Crippen LogP contribution in [0.2, 0.25) is 0 Å². The van der Waals surface area contributed by atoms with Gasteiger partial charge in [0.2, 0.25) is 5.91 Å². The van der Waals surface area contributed by atoms with Crippen LogP contribution in [0, 0.1) is 0 Å². The predicted octanol–water partition coefficient (Wildman–Crippen LogP) is 2.29. The Morgan fingerprint density at radius 1 is 1.07 bits per heavy atom. The zero-order chi connectivity index (χ0) is 21.5. The van der Waals surface area contributed by atoms with Crippen molar-refractivity contribution in [1.29, 1.82) is 0 Å². The molecular formula is C22H21N3O5. The molecule has 0 unspecified atom stereocenters. The van der Waals surface area contributed by atoms with Crippen LogP contribution in [0.4, 0.5) is 5.69 Å². The zero-order valence-electron chi connectivity index (χ0n) is 16.4. The van der Waals surface area contributed by atoms with Crippen molar-refractivity contribution in [1.82, 2.24) is 9.78 Å². The average molecular weight is 407 g/mol. The maximum atomic E-state index is 12.5. The van der Waals surface area contributed by atoms with Crippen molar-refractivity contribution in [2.75, 3.05) is 11.9 Å². The SMILES string of the molecule is CCOC(=O)/C=C/c1ccc(NC(=O)CCn2[nH]c(=O)c3ccccc3c2=O)cc1. The van der Waals surface area contributed by atoms with E-state index >= 15 is 0 Å². The highest BCUT2D eigenvalue weighted by Crippen LogP contribution is 2.11. The van der Waals surface area contributed by atoms with Gasteiger partial charge in [0, 0.05) is 18.2 Å². The van der Waals surface area contributed by atoms with Gasteiger partial charge in [0.15, 0.2) is 0 Å². The van der Waals surface area contributed by atoms with Crippen molar-refractivity contribution in [2.24, 2.45) is 0 Å². The molecule has 0 spiro atoms. The fourth-order valence-corrected chi connectivity index (χ4v) is 2.87. The Morgan fingerprint density at radius 3 is 2.47 bits per heavy atom. The van der Waals surface area contributed by atoms with Gasteiger partial charge in [0.25, 0.3) is 11.1 Å². The van der Waals surface area contributed by atoms with Crippen LogP contribution in [0.3, 0.4) is 0 Å². The van der Waals surface area contributed by atoms with Crippen molar-refractivity contribution in [3.63, 3.8) is 0 Å². The van der Waals surface area contributed by atoms with Crippen molar-refractivity contribution in [3.05, 3.63) is 80.9 Å². The molecule has 0 saturated carbocycles. The summed E-state index contributed by atoms with van der Waals surface area (Å²) in [4.78, 5) is 48.1. The van der Waals surface area contributed by atoms with E-state index in [0.717, 1.165) is 10.2 Å². The molecule has 0 aliphatic rings. The summed E-state index contributed by atoms with van der Waals surface area (Å²) in [6.45, 7) is 2.09. The van der Waals surface area contributed by atoms with E-state index in [-0.39, 0.29) is 30.0 Å². The topological polar surface area (TPSA) is 110 Å². The van der Waals surface area contributed by atoms with Gasteiger partial charge in [-0.15, -0.1) is 0 Å². The van der Waals surface area contributed by atoms with Gasteiger partial charge in [-0.3, -0.25) is 19.5 Å². The number of nitrogens with zero attached hydrogens (tertiary/aromatic N) is 1. The fraction of sp³-hybridized carbons (Fsp3) is 0.182. The lowest BCUT2D eigenvalue weighted by Crippen LogP contribution is -2.31. The Kier molecular flexibility index (Phi) is 6.59. The van der Waals surface area contributed by atoms with Gasteiger partial charge in [-0.1, -0.05) is 24.3 Å². The second-order valence-corrected chi connectivity index (χ2v) is 6.45. The van der Waals surface area contributed by atoms with Crippen LogP contribution >= 0.6 is 0 Å². The Morgan fingerprint density at radius 2 is 1.77 bits per heavy atom. The maximum Gasteiger partial charge on any atom is 0.330 e. The smallest absolute Gasteiger partial charge is 0.330 e. The summed E-state index contributed by atoms with van der Waals surface area (Å²) < 4.78 is 5.96. The quantitative estimate of drug-likeness (QED) is 0.461. The predicted molar refractivity (Wildman–Crippen MR) is 114 cm³/mol. The third-order valence-electron chi connectivity index (χ3n) is 4.34. The first-order chi connectivity index (χ1) is 14.5. The zero-order valence-corrected chi connectivity index (χ0v) is 16.4. The van der Waals surface area contributed by atoms with Crippen LogP contribution in [0.5, 0.6) is 0 Å². The maximum absolute atomic E-state index is 12.5. The number of benzene rings is 2. The first kappa shape index (κ1) is 20.8. The molecule has 3 rings (SSSR count). The number of esters is 1. The molecule has 0 bridgehead atoms. The fourth-order valence-electron chi connectivity index (χ4n) is 2.87. The second kappa shape index (κ2) is 9.51. The summed E-state index contributed by atoms with van der Waals surface area (Å²) in [5.41, 5.74) is 0.627. The van der Waals surface area contributed by atoms with Gasteiger partial charge in [0.1, 0.15) is 0 Å². The third kappa shape index (κ3) is 5.11. The van der Waals surface area contributed by atoms with Crippen LogP contribution in [-0.2, 0) is 20.9 Å². The molecule has 0 aliphatic heterocycles. The molecule has 0 aliphatic carbocycles. The largest absolute Gasteiger partial charge is 0.463 e. The molecule has 154 valence electrons. The first-order valence-electron chi connectivity index (χ1n) is 9.44. The van der Waals surface area contributed by atoms with Crippen LogP contribution in [0.15, 0.2) is 64.2 Å². The summed E-state index contributed by atoms with van der Waals surface area (Å²) in [6, 6.07) is 13.4. The minimum Gasteiger partial charge on any atom is -0.463 e. The lowest BCUT2D eigenvalue weighted by atomic mass is 10.2. The van der Waals surface area contributed by atoms with Gasteiger partial charge in [-0.25, -0.2) is 9.48 Å². The number of rotatable bonds is 7. The van der Waals surface area contributed by atoms with Crippen molar-refractivity contribution in [2.45, 2.75) is 19.9 Å². The molecule has 1 amide bonds. The molecule has 2 N–H and O–H groups in total. The Hall–Kier alpha value is -3.94. The number of aromatic amines is 1. The van der Waals surface area contributed by atoms with E-state index in [9.17, 15) is 19.2 Å². The number of amides is 1. The van der Waals surface area contributed by atoms with Crippen LogP contribution in [0.1, 0.15) is 18.9 Å². The molecule has 0 atom stereocenters. The number of H-pyrrole nitrogens is 1. The summed E-state index contributed by atoms with van der Waals surface area (Å²) >= 11 is 0. The first-order valence-corrected chi connectivity index (χ1v) is 9.44. The summed E-state index contributed by atoms with van der Waals surface area (Å²) in [7, 11) is 0. The molecule has 30 heavy (non-hydrogen) atoms. The van der Waals surface area contributed by atoms with E-state index in [1.807, 2.05) is 0 Å². The second-order valence-electron chi connectivity index (χ2n) is 6.45. The van der Waals surface area contributed by atoms with Crippen LogP contribution in [0.25, 0.3) is 16.8 Å². The number of hydrogen-bond acceptors (Lipinski definition) is 5. The highest BCUT2D eigenvalue weighted by Gasteiger charge is 2.09. The van der Waals surface area contributed by atoms with Crippen molar-refractivity contribution >= 4 is 34.4 Å². The number of ether oxygens (including phenoxy) is 1. The molecule has 0 radical (unpaired) electrons. The van der Waals surface area contributed by atoms with Crippen molar-refractivity contribution < 1.29 is 14.3 Å². The van der Waals surface area contributed by atoms with Gasteiger partial charge in [-0.2, -0.15) is 0 Å². The molecular weight excluding hydrogens is 386 g/mol. The van der Waals surface area contributed by atoms with Crippen LogP contribution < -0.4 is 16.4 Å². The number of carbonyl (C=O) groups excluding carboxylic acids is 2. The number of carbonyl (C=O) groups is 2. The minimum atomic E-state index is -0.420. The summed E-state index contributed by atoms with van der Waals surface area (Å²) in [5, 5.41) is 5.87. The van der Waals surface area contributed by atoms with E-state index in [0.29, 0.717) is 23.1 Å². The Labute approximate surface area is 171 Å². The van der Waals surface area contributed by atoms with E-state index in [4.69, 9.17) is 4.74 Å². The standard InChI is InChI=1S/C22H21N3O5/c1-2-30-20(27)12-9-15-7-10-16(11-8-15)23-19(26)13-14-25-22(29)18-6-4-3-5-17(18)21(28)24-25/h3-12H,2,13-14H2,1H3,(H,23,26)(H,24,28)/b12-9+. The van der Waals surface area contributed by atoms with Crippen LogP contribution in [-0.4, -0.2) is 28.3 Å². The minimum absolute atomic E-state index is 0.0126. The molecule has 0 fully saturated rings. The summed E-state index contributed by atoms with van der Waals surface area (Å²) in [5.74, 6) is -0.720. The van der Waals surface area contributed by atoms with E-state index < -0.39 is 5.97 Å². The number of fused-ring (bicyclic) bond motifs is 1. The number of aromatic nitrogens is 2. The lowest BCUT2D eigenvalue weighted by molar-refractivity contribution is -0.137. The van der Waals surface area contributed by atoms with Gasteiger partial charge >= 0.3 is 5.97 Å². The Balaban J connectivity index is 1.61. The van der Waals surface area contributed by atoms with E-state index in [1.165, 1.54) is 6.08 Å². The summed E-state index contributed by atoms with van der Waals surface area (Å²) in [6.07, 6.45) is 2.96. The lowest BCUT2D eigenvalue weighted by Gasteiger charge is -2.08. The molecule has 1 aromatic heterocycles. The molecule has 3 aromatic rings. The van der Waals surface area contributed by atoms with E-state index in [2.05, 4.69) is 10.4 Å². The van der Waals surface area contributed by atoms with E-state index in [1.54, 1.807) is 61.5 Å². The number of nitrogens with one attached hydrogen (secondary N) is 2.